The maximum Gasteiger partial charge on any atom is 0.414 e. The van der Waals surface area contributed by atoms with Crippen molar-refractivity contribution in [1.29, 1.82) is 0 Å². The highest BCUT2D eigenvalue weighted by Gasteiger charge is 2.11. The number of anilines is 2. The van der Waals surface area contributed by atoms with Gasteiger partial charge in [-0.05, 0) is 48.4 Å². The van der Waals surface area contributed by atoms with Gasteiger partial charge in [0.1, 0.15) is 0 Å². The molecular weight excluding hydrogens is 356 g/mol. The van der Waals surface area contributed by atoms with Gasteiger partial charge in [0.2, 0.25) is 0 Å². The molecule has 0 aliphatic carbocycles. The van der Waals surface area contributed by atoms with Crippen LogP contribution in [0.3, 0.4) is 0 Å². The molecule has 4 nitrogen and oxygen atoms in total. The van der Waals surface area contributed by atoms with Crippen LogP contribution < -0.4 is 10.2 Å². The molecule has 3 aromatic rings. The van der Waals surface area contributed by atoms with Crippen molar-refractivity contribution in [3.05, 3.63) is 71.6 Å². The van der Waals surface area contributed by atoms with Gasteiger partial charge in [-0.2, -0.15) is 0 Å². The lowest BCUT2D eigenvalue weighted by molar-refractivity contribution is 0.155. The van der Waals surface area contributed by atoms with Crippen LogP contribution in [0.25, 0.3) is 10.4 Å². The number of hydrogen-bond donors (Lipinski definition) is 1. The van der Waals surface area contributed by atoms with Crippen LogP contribution in [0.15, 0.2) is 66.7 Å². The molecule has 0 saturated carbocycles. The molecule has 1 N–H and O–H groups in total. The summed E-state index contributed by atoms with van der Waals surface area (Å²) in [5.41, 5.74) is 3.07. The SMILES string of the molecule is CCCOC(=O)N(C)c1ccc(NCc2ccc(-c3ccccc3)s2)cc1. The van der Waals surface area contributed by atoms with E-state index in [-0.39, 0.29) is 6.09 Å². The topological polar surface area (TPSA) is 41.6 Å². The van der Waals surface area contributed by atoms with Crippen LogP contribution in [-0.4, -0.2) is 19.7 Å². The molecule has 3 rings (SSSR count). The lowest BCUT2D eigenvalue weighted by Gasteiger charge is -2.17. The predicted octanol–water partition coefficient (Wildman–Crippen LogP) is 6.01. The van der Waals surface area contributed by atoms with E-state index in [9.17, 15) is 4.79 Å². The molecule has 0 spiro atoms. The van der Waals surface area contributed by atoms with Crippen LogP contribution in [0, 0.1) is 0 Å². The van der Waals surface area contributed by atoms with Crippen LogP contribution in [0.4, 0.5) is 16.2 Å². The van der Waals surface area contributed by atoms with Crippen molar-refractivity contribution in [3.8, 4) is 10.4 Å². The number of ether oxygens (including phenoxy) is 1. The van der Waals surface area contributed by atoms with E-state index in [0.29, 0.717) is 6.61 Å². The van der Waals surface area contributed by atoms with Crippen molar-refractivity contribution in [3.63, 3.8) is 0 Å². The summed E-state index contributed by atoms with van der Waals surface area (Å²) in [6.45, 7) is 3.18. The zero-order chi connectivity index (χ0) is 19.1. The van der Waals surface area contributed by atoms with Gasteiger partial charge in [0.05, 0.1) is 6.61 Å². The number of nitrogens with one attached hydrogen (secondary N) is 1. The maximum absolute atomic E-state index is 11.9. The average Bonchev–Trinajstić information content (AvgIpc) is 3.20. The second kappa shape index (κ2) is 9.24. The van der Waals surface area contributed by atoms with E-state index in [1.807, 2.05) is 37.3 Å². The molecule has 0 bridgehead atoms. The molecule has 0 unspecified atom stereocenters. The first kappa shape index (κ1) is 19.0. The molecule has 5 heteroatoms. The smallest absolute Gasteiger partial charge is 0.414 e. The van der Waals surface area contributed by atoms with Crippen LogP contribution in [-0.2, 0) is 11.3 Å². The van der Waals surface area contributed by atoms with Gasteiger partial charge in [-0.1, -0.05) is 37.3 Å². The summed E-state index contributed by atoms with van der Waals surface area (Å²) in [7, 11) is 1.72. The Kier molecular flexibility index (Phi) is 6.49. The molecule has 1 aromatic heterocycles. The summed E-state index contributed by atoms with van der Waals surface area (Å²) in [4.78, 5) is 16.0. The fourth-order valence-corrected chi connectivity index (χ4v) is 3.57. The number of carbonyl (C=O) groups excluding carboxylic acids is 1. The van der Waals surface area contributed by atoms with Crippen LogP contribution >= 0.6 is 11.3 Å². The van der Waals surface area contributed by atoms with Crippen LogP contribution in [0.1, 0.15) is 18.2 Å². The van der Waals surface area contributed by atoms with E-state index < -0.39 is 0 Å². The Bertz CT molecular complexity index is 860. The van der Waals surface area contributed by atoms with E-state index in [4.69, 9.17) is 4.74 Å². The first-order chi connectivity index (χ1) is 13.2. The normalized spacial score (nSPS) is 10.4. The lowest BCUT2D eigenvalue weighted by Crippen LogP contribution is -2.27. The molecular formula is C22H24N2O2S. The van der Waals surface area contributed by atoms with E-state index in [1.165, 1.54) is 20.2 Å². The zero-order valence-corrected chi connectivity index (χ0v) is 16.5. The molecule has 0 radical (unpaired) electrons. The number of hydrogen-bond acceptors (Lipinski definition) is 4. The maximum atomic E-state index is 11.9. The summed E-state index contributed by atoms with van der Waals surface area (Å²) in [6, 6.07) is 22.5. The van der Waals surface area contributed by atoms with Crippen molar-refractivity contribution < 1.29 is 9.53 Å². The largest absolute Gasteiger partial charge is 0.449 e. The first-order valence-electron chi connectivity index (χ1n) is 9.06. The fourth-order valence-electron chi connectivity index (χ4n) is 2.61. The molecule has 0 saturated heterocycles. The quantitative estimate of drug-likeness (QED) is 0.546. The number of thiophene rings is 1. The number of rotatable bonds is 7. The van der Waals surface area contributed by atoms with Crippen molar-refractivity contribution in [2.75, 3.05) is 23.9 Å². The molecule has 1 amide bonds. The third kappa shape index (κ3) is 5.11. The Labute approximate surface area is 164 Å². The van der Waals surface area contributed by atoms with Gasteiger partial charge in [-0.25, -0.2) is 4.79 Å². The minimum absolute atomic E-state index is 0.329. The Morgan fingerprint density at radius 2 is 1.78 bits per heavy atom. The highest BCUT2D eigenvalue weighted by molar-refractivity contribution is 7.15. The third-order valence-electron chi connectivity index (χ3n) is 4.14. The number of amides is 1. The van der Waals surface area contributed by atoms with Crippen molar-refractivity contribution in [2.45, 2.75) is 19.9 Å². The predicted molar refractivity (Wildman–Crippen MR) is 114 cm³/mol. The second-order valence-electron chi connectivity index (χ2n) is 6.21. The first-order valence-corrected chi connectivity index (χ1v) is 9.87. The summed E-state index contributed by atoms with van der Waals surface area (Å²) < 4.78 is 5.15. The number of nitrogens with zero attached hydrogens (tertiary/aromatic N) is 1. The summed E-state index contributed by atoms with van der Waals surface area (Å²) in [5, 5.41) is 3.43. The molecule has 2 aromatic carbocycles. The number of carbonyl (C=O) groups is 1. The van der Waals surface area contributed by atoms with E-state index in [2.05, 4.69) is 41.7 Å². The molecule has 0 fully saturated rings. The highest BCUT2D eigenvalue weighted by atomic mass is 32.1. The van der Waals surface area contributed by atoms with E-state index in [1.54, 1.807) is 18.4 Å². The van der Waals surface area contributed by atoms with Gasteiger partial charge in [0, 0.05) is 34.7 Å². The Balaban J connectivity index is 1.56. The van der Waals surface area contributed by atoms with Gasteiger partial charge in [-0.3, -0.25) is 4.90 Å². The van der Waals surface area contributed by atoms with Gasteiger partial charge in [-0.15, -0.1) is 11.3 Å². The van der Waals surface area contributed by atoms with Crippen molar-refractivity contribution in [1.82, 2.24) is 0 Å². The van der Waals surface area contributed by atoms with E-state index >= 15 is 0 Å². The third-order valence-corrected chi connectivity index (χ3v) is 5.28. The van der Waals surface area contributed by atoms with E-state index in [0.717, 1.165) is 24.3 Å². The second-order valence-corrected chi connectivity index (χ2v) is 7.37. The molecule has 0 aliphatic rings. The average molecular weight is 381 g/mol. The van der Waals surface area contributed by atoms with Gasteiger partial charge in [0.25, 0.3) is 0 Å². The van der Waals surface area contributed by atoms with Crippen LogP contribution in [0.5, 0.6) is 0 Å². The van der Waals surface area contributed by atoms with Crippen LogP contribution in [0.2, 0.25) is 0 Å². The standard InChI is InChI=1S/C22H24N2O2S/c1-3-15-26-22(25)24(2)19-11-9-18(10-12-19)23-16-20-13-14-21(27-20)17-7-5-4-6-8-17/h4-14,23H,3,15-16H2,1-2H3. The molecule has 0 atom stereocenters. The van der Waals surface area contributed by atoms with Crippen molar-refractivity contribution in [2.24, 2.45) is 0 Å². The Hall–Kier alpha value is -2.79. The minimum Gasteiger partial charge on any atom is -0.449 e. The highest BCUT2D eigenvalue weighted by Crippen LogP contribution is 2.28. The van der Waals surface area contributed by atoms with Gasteiger partial charge < -0.3 is 10.1 Å². The Morgan fingerprint density at radius 3 is 2.48 bits per heavy atom. The van der Waals surface area contributed by atoms with Crippen molar-refractivity contribution >= 4 is 28.8 Å². The lowest BCUT2D eigenvalue weighted by atomic mass is 10.2. The molecule has 0 aliphatic heterocycles. The van der Waals surface area contributed by atoms with Gasteiger partial charge in [0.15, 0.2) is 0 Å². The summed E-state index contributed by atoms with van der Waals surface area (Å²) in [6.07, 6.45) is 0.488. The summed E-state index contributed by atoms with van der Waals surface area (Å²) >= 11 is 1.79. The number of benzene rings is 2. The Morgan fingerprint density at radius 1 is 1.04 bits per heavy atom. The fraction of sp³-hybridized carbons (Fsp3) is 0.227. The molecule has 27 heavy (non-hydrogen) atoms. The monoisotopic (exact) mass is 380 g/mol. The van der Waals surface area contributed by atoms with Gasteiger partial charge >= 0.3 is 6.09 Å². The summed E-state index contributed by atoms with van der Waals surface area (Å²) in [5.74, 6) is 0. The minimum atomic E-state index is -0.329. The molecule has 140 valence electrons. The zero-order valence-electron chi connectivity index (χ0n) is 15.6. The molecule has 1 heterocycles.